The Balaban J connectivity index is 0.970. The lowest BCUT2D eigenvalue weighted by Gasteiger charge is -2.11. The minimum Gasteiger partial charge on any atom is -0.438 e. The first-order valence-corrected chi connectivity index (χ1v) is 20.6. The summed E-state index contributed by atoms with van der Waals surface area (Å²) in [7, 11) is 0. The van der Waals surface area contributed by atoms with Gasteiger partial charge in [-0.3, -0.25) is 0 Å². The number of benzene rings is 8. The summed E-state index contributed by atoms with van der Waals surface area (Å²) >= 11 is 0. The number of furan rings is 2. The van der Waals surface area contributed by atoms with Crippen molar-refractivity contribution in [2.45, 2.75) is 0 Å². The fourth-order valence-corrected chi connectivity index (χ4v) is 8.50. The molecule has 0 bridgehead atoms. The Morgan fingerprint density at radius 2 is 0.597 bits per heavy atom. The van der Waals surface area contributed by atoms with Crippen molar-refractivity contribution < 1.29 is 8.83 Å². The van der Waals surface area contributed by atoms with Crippen LogP contribution in [-0.4, -0.2) is 19.9 Å². The van der Waals surface area contributed by atoms with E-state index in [-0.39, 0.29) is 0 Å². The first kappa shape index (κ1) is 35.5. The molecule has 0 spiro atoms. The van der Waals surface area contributed by atoms with E-state index in [1.54, 1.807) is 0 Å². The van der Waals surface area contributed by atoms with Gasteiger partial charge in [-0.25, -0.2) is 9.97 Å². The van der Waals surface area contributed by atoms with Crippen molar-refractivity contribution in [2.75, 3.05) is 0 Å². The predicted molar refractivity (Wildman–Crippen MR) is 250 cm³/mol. The maximum Gasteiger partial charge on any atom is 0.231 e. The highest BCUT2D eigenvalue weighted by Crippen LogP contribution is 2.40. The Kier molecular flexibility index (Phi) is 8.38. The van der Waals surface area contributed by atoms with Gasteiger partial charge in [-0.1, -0.05) is 182 Å². The molecule has 0 aliphatic heterocycles. The van der Waals surface area contributed by atoms with E-state index >= 15 is 0 Å². The van der Waals surface area contributed by atoms with Crippen molar-refractivity contribution in [1.29, 1.82) is 0 Å². The quantitative estimate of drug-likeness (QED) is 0.160. The highest BCUT2D eigenvalue weighted by Gasteiger charge is 2.21. The molecule has 290 valence electrons. The standard InChI is InChI=1S/C56H34N4O2/c1-3-13-35(14-4-1)37-25-29-39(30-26-37)53-57-51(49-45-21-7-9-23-47(45)61-55(49)59-53)43-19-11-17-41(33-43)42-18-12-20-44(34-42)52-50-46-22-8-10-24-48(46)62-56(50)60-54(58-52)40-31-27-38(28-32-40)36-15-5-2-6-16-36/h1-34H. The molecule has 8 aromatic carbocycles. The molecular formula is C56H34N4O2. The van der Waals surface area contributed by atoms with Gasteiger partial charge in [-0.2, -0.15) is 9.97 Å². The molecule has 0 radical (unpaired) electrons. The monoisotopic (exact) mass is 794 g/mol. The molecule has 6 heteroatoms. The van der Waals surface area contributed by atoms with E-state index in [4.69, 9.17) is 28.8 Å². The van der Waals surface area contributed by atoms with Gasteiger partial charge >= 0.3 is 0 Å². The summed E-state index contributed by atoms with van der Waals surface area (Å²) in [6, 6.07) is 70.7. The summed E-state index contributed by atoms with van der Waals surface area (Å²) in [6.45, 7) is 0. The predicted octanol–water partition coefficient (Wildman–Crippen LogP) is 14.7. The third kappa shape index (κ3) is 6.21. The second-order valence-corrected chi connectivity index (χ2v) is 15.4. The lowest BCUT2D eigenvalue weighted by atomic mass is 9.97. The van der Waals surface area contributed by atoms with E-state index in [0.29, 0.717) is 23.1 Å². The molecule has 4 aromatic heterocycles. The highest BCUT2D eigenvalue weighted by atomic mass is 16.3. The van der Waals surface area contributed by atoms with Crippen molar-refractivity contribution >= 4 is 44.1 Å². The van der Waals surface area contributed by atoms with Crippen molar-refractivity contribution in [2.24, 2.45) is 0 Å². The molecule has 4 heterocycles. The SMILES string of the molecule is c1ccc(-c2ccc(-c3nc(-c4cccc(-c5cccc(-c6nc(-c7ccc(-c8ccccc8)cc7)nc7oc8ccccc8c67)c5)c4)c4c(n3)oc3ccccc34)cc2)cc1. The number of nitrogens with zero attached hydrogens (tertiary/aromatic N) is 4. The van der Waals surface area contributed by atoms with E-state index < -0.39 is 0 Å². The van der Waals surface area contributed by atoms with Gasteiger partial charge in [0.15, 0.2) is 11.6 Å². The van der Waals surface area contributed by atoms with Crippen LogP contribution in [0.3, 0.4) is 0 Å². The largest absolute Gasteiger partial charge is 0.438 e. The first-order valence-electron chi connectivity index (χ1n) is 20.6. The third-order valence-electron chi connectivity index (χ3n) is 11.6. The van der Waals surface area contributed by atoms with Gasteiger partial charge in [0, 0.05) is 33.0 Å². The lowest BCUT2D eigenvalue weighted by Crippen LogP contribution is -1.95. The highest BCUT2D eigenvalue weighted by molar-refractivity contribution is 6.12. The Bertz CT molecular complexity index is 3370. The Labute approximate surface area is 356 Å². The summed E-state index contributed by atoms with van der Waals surface area (Å²) in [4.78, 5) is 20.5. The summed E-state index contributed by atoms with van der Waals surface area (Å²) in [5.41, 5.74) is 14.7. The van der Waals surface area contributed by atoms with E-state index in [9.17, 15) is 0 Å². The normalized spacial score (nSPS) is 11.5. The summed E-state index contributed by atoms with van der Waals surface area (Å²) in [5, 5.41) is 3.72. The molecule has 0 aliphatic rings. The molecule has 0 unspecified atom stereocenters. The van der Waals surface area contributed by atoms with Crippen molar-refractivity contribution in [3.05, 3.63) is 206 Å². The summed E-state index contributed by atoms with van der Waals surface area (Å²) < 4.78 is 12.8. The van der Waals surface area contributed by atoms with Crippen LogP contribution in [0, 0.1) is 0 Å². The van der Waals surface area contributed by atoms with Crippen LogP contribution in [0.5, 0.6) is 0 Å². The maximum absolute atomic E-state index is 6.41. The smallest absolute Gasteiger partial charge is 0.231 e. The van der Waals surface area contributed by atoms with Gasteiger partial charge < -0.3 is 8.83 Å². The number of para-hydroxylation sites is 2. The minimum absolute atomic E-state index is 0.552. The molecular weight excluding hydrogens is 761 g/mol. The molecule has 0 amide bonds. The fraction of sp³-hybridized carbons (Fsp3) is 0. The van der Waals surface area contributed by atoms with Crippen LogP contribution in [-0.2, 0) is 0 Å². The Hall–Kier alpha value is -8.48. The molecule has 12 aromatic rings. The van der Waals surface area contributed by atoms with Gasteiger partial charge in [-0.05, 0) is 57.6 Å². The van der Waals surface area contributed by atoms with Crippen LogP contribution in [0.1, 0.15) is 0 Å². The molecule has 0 aliphatic carbocycles. The first-order chi connectivity index (χ1) is 30.7. The van der Waals surface area contributed by atoms with E-state index in [1.807, 2.05) is 48.5 Å². The fourth-order valence-electron chi connectivity index (χ4n) is 8.50. The molecule has 12 rings (SSSR count). The van der Waals surface area contributed by atoms with Crippen molar-refractivity contribution in [1.82, 2.24) is 19.9 Å². The number of hydrogen-bond donors (Lipinski definition) is 0. The molecule has 6 nitrogen and oxygen atoms in total. The number of fused-ring (bicyclic) bond motifs is 6. The number of aromatic nitrogens is 4. The van der Waals surface area contributed by atoms with Crippen LogP contribution in [0.2, 0.25) is 0 Å². The van der Waals surface area contributed by atoms with E-state index in [2.05, 4.69) is 158 Å². The van der Waals surface area contributed by atoms with Crippen LogP contribution in [0.25, 0.3) is 123 Å². The van der Waals surface area contributed by atoms with Crippen LogP contribution in [0.4, 0.5) is 0 Å². The third-order valence-corrected chi connectivity index (χ3v) is 11.6. The Morgan fingerprint density at radius 3 is 1.03 bits per heavy atom. The lowest BCUT2D eigenvalue weighted by molar-refractivity contribution is 0.653. The van der Waals surface area contributed by atoms with E-state index in [1.165, 1.54) is 0 Å². The van der Waals surface area contributed by atoms with Crippen molar-refractivity contribution in [3.8, 4) is 78.7 Å². The van der Waals surface area contributed by atoms with Gasteiger partial charge in [0.25, 0.3) is 0 Å². The Morgan fingerprint density at radius 1 is 0.258 bits per heavy atom. The zero-order chi connectivity index (χ0) is 41.0. The zero-order valence-corrected chi connectivity index (χ0v) is 33.2. The molecule has 0 saturated carbocycles. The zero-order valence-electron chi connectivity index (χ0n) is 33.2. The number of hydrogen-bond acceptors (Lipinski definition) is 6. The molecule has 0 fully saturated rings. The van der Waals surface area contributed by atoms with Gasteiger partial charge in [-0.15, -0.1) is 0 Å². The second kappa shape index (κ2) is 14.7. The molecule has 0 N–H and O–H groups in total. The van der Waals surface area contributed by atoms with Gasteiger partial charge in [0.2, 0.25) is 11.4 Å². The van der Waals surface area contributed by atoms with Gasteiger partial charge in [0.1, 0.15) is 11.2 Å². The second-order valence-electron chi connectivity index (χ2n) is 15.4. The van der Waals surface area contributed by atoms with Crippen LogP contribution in [0.15, 0.2) is 215 Å². The van der Waals surface area contributed by atoms with Gasteiger partial charge in [0.05, 0.1) is 22.2 Å². The summed E-state index contributed by atoms with van der Waals surface area (Å²) in [5.74, 6) is 1.20. The molecule has 62 heavy (non-hydrogen) atoms. The maximum atomic E-state index is 6.41. The van der Waals surface area contributed by atoms with Crippen LogP contribution >= 0.6 is 0 Å². The topological polar surface area (TPSA) is 77.8 Å². The van der Waals surface area contributed by atoms with E-state index in [0.717, 1.165) is 99.7 Å². The van der Waals surface area contributed by atoms with Crippen molar-refractivity contribution in [3.63, 3.8) is 0 Å². The summed E-state index contributed by atoms with van der Waals surface area (Å²) in [6.07, 6.45) is 0. The number of rotatable bonds is 7. The average molecular weight is 795 g/mol. The molecule has 0 saturated heterocycles. The van der Waals surface area contributed by atoms with Crippen LogP contribution < -0.4 is 0 Å². The minimum atomic E-state index is 0.552. The molecule has 0 atom stereocenters. The average Bonchev–Trinajstić information content (AvgIpc) is 3.93.